The van der Waals surface area contributed by atoms with Gasteiger partial charge in [0.15, 0.2) is 36.7 Å². The third-order valence-corrected chi connectivity index (χ3v) is 6.21. The number of amides is 2. The van der Waals surface area contributed by atoms with Gasteiger partial charge in [-0.15, -0.1) is 21.5 Å². The SMILES string of the molecule is [B]C(O)(O)NC(=O)c1nnc(NC(=O)C2CC2)cc1Nc1cccc(-c2ncc(C(C)=O)s2)c1OC. The van der Waals surface area contributed by atoms with E-state index in [0.29, 0.717) is 26.9 Å². The Morgan fingerprint density at radius 2 is 1.94 bits per heavy atom. The summed E-state index contributed by atoms with van der Waals surface area (Å²) >= 11 is 1.20. The maximum absolute atomic E-state index is 12.6. The van der Waals surface area contributed by atoms with Crippen LogP contribution >= 0.6 is 11.3 Å². The number of rotatable bonds is 9. The van der Waals surface area contributed by atoms with E-state index in [-0.39, 0.29) is 34.8 Å². The molecule has 0 unspecified atom stereocenters. The topological polar surface area (TPSA) is 176 Å². The fraction of sp³-hybridized carbons (Fsp3) is 0.273. The van der Waals surface area contributed by atoms with Gasteiger partial charge in [-0.3, -0.25) is 14.4 Å². The highest BCUT2D eigenvalue weighted by Gasteiger charge is 2.30. The molecule has 1 aromatic carbocycles. The number of hydrogen-bond donors (Lipinski definition) is 5. The van der Waals surface area contributed by atoms with Crippen LogP contribution in [0.5, 0.6) is 5.75 Å². The number of carbonyl (C=O) groups is 3. The molecule has 4 rings (SSSR count). The number of nitrogens with one attached hydrogen (secondary N) is 3. The fourth-order valence-electron chi connectivity index (χ4n) is 3.25. The van der Waals surface area contributed by atoms with Crippen LogP contribution in [0.15, 0.2) is 30.5 Å². The van der Waals surface area contributed by atoms with Crippen molar-refractivity contribution in [2.75, 3.05) is 17.7 Å². The molecule has 1 saturated carbocycles. The fourth-order valence-corrected chi connectivity index (χ4v) is 4.08. The van der Waals surface area contributed by atoms with E-state index in [1.807, 2.05) is 0 Å². The second kappa shape index (κ2) is 10.0. The summed E-state index contributed by atoms with van der Waals surface area (Å²) in [5, 5.41) is 34.4. The van der Waals surface area contributed by atoms with Gasteiger partial charge in [0.05, 0.1) is 28.9 Å². The van der Waals surface area contributed by atoms with Crippen molar-refractivity contribution in [3.8, 4) is 16.3 Å². The predicted molar refractivity (Wildman–Crippen MR) is 131 cm³/mol. The summed E-state index contributed by atoms with van der Waals surface area (Å²) in [6, 6.07) is 6.51. The van der Waals surface area contributed by atoms with Gasteiger partial charge in [0.2, 0.25) is 5.91 Å². The number of aromatic nitrogens is 3. The average molecular weight is 508 g/mol. The van der Waals surface area contributed by atoms with E-state index in [0.717, 1.165) is 12.8 Å². The van der Waals surface area contributed by atoms with Crippen molar-refractivity contribution >= 4 is 54.0 Å². The Morgan fingerprint density at radius 1 is 1.19 bits per heavy atom. The lowest BCUT2D eigenvalue weighted by Crippen LogP contribution is -2.49. The molecular weight excluding hydrogens is 487 g/mol. The van der Waals surface area contributed by atoms with Gasteiger partial charge in [0.25, 0.3) is 5.91 Å². The Balaban J connectivity index is 1.72. The minimum atomic E-state index is -2.99. The predicted octanol–water partition coefficient (Wildman–Crippen LogP) is 1.40. The molecule has 5 N–H and O–H groups in total. The molecular formula is C22H21BN6O6S. The van der Waals surface area contributed by atoms with Crippen molar-refractivity contribution in [1.82, 2.24) is 20.5 Å². The summed E-state index contributed by atoms with van der Waals surface area (Å²) in [5.41, 5.74) is 0.708. The molecule has 0 saturated heterocycles. The molecule has 0 spiro atoms. The number of benzene rings is 1. The Bertz CT molecular complexity index is 1340. The molecule has 2 aromatic heterocycles. The van der Waals surface area contributed by atoms with Gasteiger partial charge in [-0.2, -0.15) is 0 Å². The van der Waals surface area contributed by atoms with Gasteiger partial charge < -0.3 is 30.9 Å². The third-order valence-electron chi connectivity index (χ3n) is 5.08. The number of ketones is 1. The summed E-state index contributed by atoms with van der Waals surface area (Å²) in [6.07, 6.45) is 3.04. The quantitative estimate of drug-likeness (QED) is 0.161. The maximum atomic E-state index is 12.6. The smallest absolute Gasteiger partial charge is 0.277 e. The van der Waals surface area contributed by atoms with Crippen LogP contribution in [0.2, 0.25) is 0 Å². The van der Waals surface area contributed by atoms with Crippen LogP contribution in [0.3, 0.4) is 0 Å². The van der Waals surface area contributed by atoms with Crippen LogP contribution in [0, 0.1) is 5.92 Å². The van der Waals surface area contributed by atoms with Crippen molar-refractivity contribution < 1.29 is 29.3 Å². The molecule has 184 valence electrons. The van der Waals surface area contributed by atoms with Gasteiger partial charge >= 0.3 is 0 Å². The summed E-state index contributed by atoms with van der Waals surface area (Å²) in [4.78, 5) is 41.3. The Morgan fingerprint density at radius 3 is 2.56 bits per heavy atom. The van der Waals surface area contributed by atoms with Crippen LogP contribution in [0.1, 0.15) is 39.9 Å². The molecule has 1 fully saturated rings. The third kappa shape index (κ3) is 5.84. The molecule has 1 aliphatic rings. The minimum absolute atomic E-state index is 0.0665. The van der Waals surface area contributed by atoms with Crippen LogP contribution in [0.4, 0.5) is 17.2 Å². The lowest BCUT2D eigenvalue weighted by Gasteiger charge is -2.20. The zero-order chi connectivity index (χ0) is 26.0. The second-order valence-electron chi connectivity index (χ2n) is 8.03. The monoisotopic (exact) mass is 508 g/mol. The minimum Gasteiger partial charge on any atom is -0.494 e. The van der Waals surface area contributed by atoms with Crippen LogP contribution < -0.4 is 20.7 Å². The van der Waals surface area contributed by atoms with Crippen molar-refractivity contribution in [1.29, 1.82) is 0 Å². The molecule has 14 heteroatoms. The Hall–Kier alpha value is -3.88. The van der Waals surface area contributed by atoms with E-state index >= 15 is 0 Å². The molecule has 0 atom stereocenters. The number of hydrogen-bond acceptors (Lipinski definition) is 11. The molecule has 12 nitrogen and oxygen atoms in total. The second-order valence-corrected chi connectivity index (χ2v) is 9.06. The number of thiazole rings is 1. The van der Waals surface area contributed by atoms with E-state index in [9.17, 15) is 24.6 Å². The summed E-state index contributed by atoms with van der Waals surface area (Å²) in [5.74, 6) is -4.03. The molecule has 1 aliphatic carbocycles. The van der Waals surface area contributed by atoms with E-state index in [4.69, 9.17) is 12.6 Å². The van der Waals surface area contributed by atoms with Gasteiger partial charge in [-0.25, -0.2) is 4.98 Å². The largest absolute Gasteiger partial charge is 0.494 e. The van der Waals surface area contributed by atoms with E-state index in [1.165, 1.54) is 37.6 Å². The lowest BCUT2D eigenvalue weighted by molar-refractivity contribution is -0.117. The number of anilines is 3. The number of methoxy groups -OCH3 is 1. The van der Waals surface area contributed by atoms with Crippen LogP contribution in [-0.2, 0) is 4.79 Å². The number of nitrogens with zero attached hydrogens (tertiary/aromatic N) is 3. The first-order chi connectivity index (χ1) is 17.1. The number of carbonyl (C=O) groups excluding carboxylic acids is 3. The van der Waals surface area contributed by atoms with E-state index in [2.05, 4.69) is 25.8 Å². The zero-order valence-electron chi connectivity index (χ0n) is 19.2. The molecule has 3 aromatic rings. The van der Waals surface area contributed by atoms with E-state index < -0.39 is 11.7 Å². The Labute approximate surface area is 210 Å². The van der Waals surface area contributed by atoms with Crippen LogP contribution in [0.25, 0.3) is 10.6 Å². The number of para-hydroxylation sites is 1. The van der Waals surface area contributed by atoms with Crippen molar-refractivity contribution in [2.24, 2.45) is 5.92 Å². The highest BCUT2D eigenvalue weighted by molar-refractivity contribution is 7.17. The van der Waals surface area contributed by atoms with Crippen molar-refractivity contribution in [3.63, 3.8) is 0 Å². The first kappa shape index (κ1) is 25.2. The first-order valence-corrected chi connectivity index (χ1v) is 11.5. The Kier molecular flexibility index (Phi) is 7.01. The first-order valence-electron chi connectivity index (χ1n) is 10.7. The van der Waals surface area contributed by atoms with E-state index in [1.54, 1.807) is 23.5 Å². The summed E-state index contributed by atoms with van der Waals surface area (Å²) in [6.45, 7) is 1.45. The lowest BCUT2D eigenvalue weighted by atomic mass is 10.0. The normalized spacial score (nSPS) is 13.1. The number of Topliss-reactive ketones (excluding diaryl/α,β-unsaturated/α-hetero) is 1. The standard InChI is InChI=1S/C22H21BN6O6S/c1-10(30)15-9-24-21(36-15)12-4-3-5-13(18(12)35-2)25-14-8-16(26-19(31)11-6-7-11)28-29-17(14)20(32)27-22(23,33)34/h3-5,8-9,11,33-34H,6-7H2,1-2H3,(H,27,32)(H2,25,26,28,31). The van der Waals surface area contributed by atoms with Gasteiger partial charge in [-0.05, 0) is 25.0 Å². The van der Waals surface area contributed by atoms with Gasteiger partial charge in [0, 0.05) is 25.1 Å². The molecule has 0 aliphatic heterocycles. The van der Waals surface area contributed by atoms with Gasteiger partial charge in [0.1, 0.15) is 5.01 Å². The number of aliphatic hydroxyl groups is 2. The average Bonchev–Trinajstić information content (AvgIpc) is 3.54. The van der Waals surface area contributed by atoms with Crippen molar-refractivity contribution in [2.45, 2.75) is 25.6 Å². The molecule has 0 bridgehead atoms. The highest BCUT2D eigenvalue weighted by Crippen LogP contribution is 2.40. The highest BCUT2D eigenvalue weighted by atomic mass is 32.1. The van der Waals surface area contributed by atoms with Crippen LogP contribution in [-0.4, -0.2) is 63.8 Å². The summed E-state index contributed by atoms with van der Waals surface area (Å²) < 4.78 is 5.60. The molecule has 2 amide bonds. The van der Waals surface area contributed by atoms with Gasteiger partial charge in [-0.1, -0.05) is 6.07 Å². The molecule has 36 heavy (non-hydrogen) atoms. The maximum Gasteiger partial charge on any atom is 0.277 e. The molecule has 2 radical (unpaired) electrons. The summed E-state index contributed by atoms with van der Waals surface area (Å²) in [7, 11) is 6.52. The zero-order valence-corrected chi connectivity index (χ0v) is 20.0. The van der Waals surface area contributed by atoms with Crippen molar-refractivity contribution in [3.05, 3.63) is 41.0 Å². The number of ether oxygens (including phenoxy) is 1. The molecule has 2 heterocycles.